The summed E-state index contributed by atoms with van der Waals surface area (Å²) < 4.78 is 10.5. The van der Waals surface area contributed by atoms with Gasteiger partial charge in [0.05, 0.1) is 20.3 Å². The lowest BCUT2D eigenvalue weighted by molar-refractivity contribution is -0.129. The average Bonchev–Trinajstić information content (AvgIpc) is 2.36. The van der Waals surface area contributed by atoms with Gasteiger partial charge in [0.25, 0.3) is 0 Å². The molecule has 0 radical (unpaired) electrons. The van der Waals surface area contributed by atoms with E-state index in [0.717, 1.165) is 11.3 Å². The van der Waals surface area contributed by atoms with E-state index in [2.05, 4.69) is 5.32 Å². The second-order valence-corrected chi connectivity index (χ2v) is 5.55. The number of ether oxygens (including phenoxy) is 2. The van der Waals surface area contributed by atoms with Crippen molar-refractivity contribution >= 4 is 5.91 Å². The molecule has 1 aromatic rings. The molecule has 1 amide bonds. The molecule has 0 fully saturated rings. The minimum atomic E-state index is -0.409. The zero-order valence-electron chi connectivity index (χ0n) is 12.5. The lowest BCUT2D eigenvalue weighted by Gasteiger charge is -2.23. The van der Waals surface area contributed by atoms with Gasteiger partial charge in [0.15, 0.2) is 0 Å². The van der Waals surface area contributed by atoms with Gasteiger partial charge in [-0.25, -0.2) is 0 Å². The molecular formula is C15H23NO3. The molecular weight excluding hydrogens is 242 g/mol. The molecule has 0 aliphatic carbocycles. The maximum absolute atomic E-state index is 12.0. The number of rotatable bonds is 4. The predicted octanol–water partition coefficient (Wildman–Crippen LogP) is 2.93. The second-order valence-electron chi connectivity index (χ2n) is 5.55. The van der Waals surface area contributed by atoms with E-state index in [1.807, 2.05) is 45.9 Å². The van der Waals surface area contributed by atoms with Crippen LogP contribution in [0.15, 0.2) is 18.2 Å². The van der Waals surface area contributed by atoms with Crippen molar-refractivity contribution < 1.29 is 14.3 Å². The smallest absolute Gasteiger partial charge is 0.225 e. The fourth-order valence-electron chi connectivity index (χ4n) is 1.67. The molecule has 0 saturated carbocycles. The number of amides is 1. The first-order valence-electron chi connectivity index (χ1n) is 6.32. The van der Waals surface area contributed by atoms with Gasteiger partial charge in [0.2, 0.25) is 5.91 Å². The quantitative estimate of drug-likeness (QED) is 0.910. The number of carbonyl (C=O) groups excluding carboxylic acids is 1. The normalized spacial score (nSPS) is 12.7. The Kier molecular flexibility index (Phi) is 4.81. The van der Waals surface area contributed by atoms with E-state index in [-0.39, 0.29) is 11.9 Å². The molecule has 4 heteroatoms. The lowest BCUT2D eigenvalue weighted by Crippen LogP contribution is -2.36. The van der Waals surface area contributed by atoms with Crippen LogP contribution in [-0.2, 0) is 4.79 Å². The number of nitrogens with one attached hydrogen (secondary N) is 1. The zero-order valence-corrected chi connectivity index (χ0v) is 12.5. The van der Waals surface area contributed by atoms with Crippen molar-refractivity contribution in [2.45, 2.75) is 33.7 Å². The van der Waals surface area contributed by atoms with Crippen LogP contribution in [0.4, 0.5) is 0 Å². The molecule has 4 nitrogen and oxygen atoms in total. The lowest BCUT2D eigenvalue weighted by atomic mass is 9.94. The molecule has 1 unspecified atom stereocenters. The standard InChI is InChI=1S/C15H23NO3/c1-10(16-14(17)15(2,3)4)12-8-7-11(18-5)9-13(12)19-6/h7-10H,1-6H3,(H,16,17). The topological polar surface area (TPSA) is 47.6 Å². The highest BCUT2D eigenvalue weighted by atomic mass is 16.5. The van der Waals surface area contributed by atoms with Gasteiger partial charge in [-0.15, -0.1) is 0 Å². The van der Waals surface area contributed by atoms with Gasteiger partial charge in [-0.05, 0) is 19.1 Å². The Balaban J connectivity index is 2.93. The van der Waals surface area contributed by atoms with E-state index in [1.165, 1.54) is 0 Å². The fraction of sp³-hybridized carbons (Fsp3) is 0.533. The average molecular weight is 265 g/mol. The minimum absolute atomic E-state index is 0.0119. The van der Waals surface area contributed by atoms with Crippen LogP contribution in [0.2, 0.25) is 0 Å². The molecule has 1 N–H and O–H groups in total. The highest BCUT2D eigenvalue weighted by molar-refractivity contribution is 5.81. The predicted molar refractivity (Wildman–Crippen MR) is 75.6 cm³/mol. The molecule has 1 rings (SSSR count). The van der Waals surface area contributed by atoms with Gasteiger partial charge in [-0.3, -0.25) is 4.79 Å². The molecule has 0 saturated heterocycles. The van der Waals surface area contributed by atoms with Gasteiger partial charge in [-0.2, -0.15) is 0 Å². The maximum Gasteiger partial charge on any atom is 0.225 e. The Morgan fingerprint density at radius 3 is 2.32 bits per heavy atom. The van der Waals surface area contributed by atoms with Gasteiger partial charge >= 0.3 is 0 Å². The van der Waals surface area contributed by atoms with E-state index in [0.29, 0.717) is 5.75 Å². The van der Waals surface area contributed by atoms with Gasteiger partial charge < -0.3 is 14.8 Å². The summed E-state index contributed by atoms with van der Waals surface area (Å²) in [6.45, 7) is 7.61. The summed E-state index contributed by atoms with van der Waals surface area (Å²) in [5.74, 6) is 1.45. The molecule has 0 spiro atoms. The van der Waals surface area contributed by atoms with Crippen LogP contribution in [-0.4, -0.2) is 20.1 Å². The Morgan fingerprint density at radius 1 is 1.21 bits per heavy atom. The van der Waals surface area contributed by atoms with Crippen molar-refractivity contribution in [3.63, 3.8) is 0 Å². The molecule has 106 valence electrons. The maximum atomic E-state index is 12.0. The van der Waals surface area contributed by atoms with Crippen molar-refractivity contribution in [1.82, 2.24) is 5.32 Å². The highest BCUT2D eigenvalue weighted by Crippen LogP contribution is 2.29. The summed E-state index contributed by atoms with van der Waals surface area (Å²) in [5, 5.41) is 2.99. The van der Waals surface area contributed by atoms with Crippen molar-refractivity contribution in [1.29, 1.82) is 0 Å². The molecule has 19 heavy (non-hydrogen) atoms. The first-order chi connectivity index (χ1) is 8.79. The largest absolute Gasteiger partial charge is 0.497 e. The molecule has 0 aliphatic heterocycles. The van der Waals surface area contributed by atoms with Crippen LogP contribution in [0.3, 0.4) is 0 Å². The number of hydrogen-bond acceptors (Lipinski definition) is 3. The van der Waals surface area contributed by atoms with Crippen LogP contribution in [0, 0.1) is 5.41 Å². The molecule has 0 aromatic heterocycles. The van der Waals surface area contributed by atoms with Crippen LogP contribution in [0.25, 0.3) is 0 Å². The Hall–Kier alpha value is -1.71. The van der Waals surface area contributed by atoms with Crippen molar-refractivity contribution in [2.24, 2.45) is 5.41 Å². The summed E-state index contributed by atoms with van der Waals surface area (Å²) in [6, 6.07) is 5.46. The molecule has 0 bridgehead atoms. The summed E-state index contributed by atoms with van der Waals surface area (Å²) in [5.41, 5.74) is 0.523. The molecule has 0 aliphatic rings. The second kappa shape index (κ2) is 5.95. The zero-order chi connectivity index (χ0) is 14.6. The van der Waals surface area contributed by atoms with Gasteiger partial charge in [0, 0.05) is 17.0 Å². The number of carbonyl (C=O) groups is 1. The van der Waals surface area contributed by atoms with E-state index in [1.54, 1.807) is 14.2 Å². The van der Waals surface area contributed by atoms with Crippen LogP contribution < -0.4 is 14.8 Å². The van der Waals surface area contributed by atoms with E-state index >= 15 is 0 Å². The third kappa shape index (κ3) is 3.88. The van der Waals surface area contributed by atoms with E-state index < -0.39 is 5.41 Å². The molecule has 1 aromatic carbocycles. The highest BCUT2D eigenvalue weighted by Gasteiger charge is 2.24. The van der Waals surface area contributed by atoms with Crippen molar-refractivity contribution in [3.05, 3.63) is 23.8 Å². The van der Waals surface area contributed by atoms with Gasteiger partial charge in [-0.1, -0.05) is 20.8 Å². The Bertz CT molecular complexity index is 449. The number of hydrogen-bond donors (Lipinski definition) is 1. The van der Waals surface area contributed by atoms with E-state index in [4.69, 9.17) is 9.47 Å². The fourth-order valence-corrected chi connectivity index (χ4v) is 1.67. The molecule has 0 heterocycles. The Morgan fingerprint density at radius 2 is 1.84 bits per heavy atom. The first kappa shape index (κ1) is 15.3. The third-order valence-corrected chi connectivity index (χ3v) is 2.94. The third-order valence-electron chi connectivity index (χ3n) is 2.94. The van der Waals surface area contributed by atoms with Crippen molar-refractivity contribution in [2.75, 3.05) is 14.2 Å². The molecule has 1 atom stereocenters. The van der Waals surface area contributed by atoms with Crippen LogP contribution in [0.5, 0.6) is 11.5 Å². The minimum Gasteiger partial charge on any atom is -0.497 e. The SMILES string of the molecule is COc1ccc(C(C)NC(=O)C(C)(C)C)c(OC)c1. The van der Waals surface area contributed by atoms with Crippen LogP contribution >= 0.6 is 0 Å². The monoisotopic (exact) mass is 265 g/mol. The number of methoxy groups -OCH3 is 2. The Labute approximate surface area is 115 Å². The summed E-state index contributed by atoms with van der Waals surface area (Å²) in [7, 11) is 3.22. The summed E-state index contributed by atoms with van der Waals surface area (Å²) in [4.78, 5) is 12.0. The summed E-state index contributed by atoms with van der Waals surface area (Å²) >= 11 is 0. The summed E-state index contributed by atoms with van der Waals surface area (Å²) in [6.07, 6.45) is 0. The first-order valence-corrected chi connectivity index (χ1v) is 6.32. The van der Waals surface area contributed by atoms with Crippen molar-refractivity contribution in [3.8, 4) is 11.5 Å². The van der Waals surface area contributed by atoms with E-state index in [9.17, 15) is 4.79 Å². The number of benzene rings is 1. The van der Waals surface area contributed by atoms with Gasteiger partial charge in [0.1, 0.15) is 11.5 Å². The van der Waals surface area contributed by atoms with Crippen LogP contribution in [0.1, 0.15) is 39.3 Å².